The molecule has 1 aliphatic heterocycles. The monoisotopic (exact) mass is 304 g/mol. The summed E-state index contributed by atoms with van der Waals surface area (Å²) in [6, 6.07) is 4.33. The molecule has 0 radical (unpaired) electrons. The van der Waals surface area contributed by atoms with Crippen LogP contribution in [0.2, 0.25) is 0 Å². The number of pyridine rings is 1. The van der Waals surface area contributed by atoms with Gasteiger partial charge in [-0.3, -0.25) is 0 Å². The molecular formula is C15H20N4OS. The maximum absolute atomic E-state index is 5.36. The van der Waals surface area contributed by atoms with E-state index in [0.717, 1.165) is 48.5 Å². The number of ether oxygens (including phenoxy) is 1. The van der Waals surface area contributed by atoms with E-state index in [1.807, 2.05) is 13.1 Å². The molecule has 0 bridgehead atoms. The van der Waals surface area contributed by atoms with Crippen molar-refractivity contribution >= 4 is 22.8 Å². The lowest BCUT2D eigenvalue weighted by atomic mass is 10.2. The molecule has 0 spiro atoms. The minimum atomic E-state index is 0.186. The predicted octanol–water partition coefficient (Wildman–Crippen LogP) is 2.86. The summed E-state index contributed by atoms with van der Waals surface area (Å²) < 4.78 is 5.36. The van der Waals surface area contributed by atoms with E-state index in [2.05, 4.69) is 44.6 Å². The van der Waals surface area contributed by atoms with Gasteiger partial charge in [-0.15, -0.1) is 11.3 Å². The van der Waals surface area contributed by atoms with Gasteiger partial charge >= 0.3 is 0 Å². The number of nitrogens with zero attached hydrogens (tertiary/aromatic N) is 3. The summed E-state index contributed by atoms with van der Waals surface area (Å²) in [6.45, 7) is 7.52. The summed E-state index contributed by atoms with van der Waals surface area (Å²) in [5.74, 6) is 1.01. The molecule has 1 atom stereocenters. The third-order valence-electron chi connectivity index (χ3n) is 3.55. The van der Waals surface area contributed by atoms with Gasteiger partial charge in [-0.1, -0.05) is 0 Å². The molecule has 6 heteroatoms. The van der Waals surface area contributed by atoms with Crippen LogP contribution in [0.4, 0.5) is 11.5 Å². The highest BCUT2D eigenvalue weighted by atomic mass is 32.1. The fourth-order valence-electron chi connectivity index (χ4n) is 2.35. The molecule has 0 saturated carbocycles. The molecule has 3 rings (SSSR count). The van der Waals surface area contributed by atoms with Crippen LogP contribution >= 0.6 is 11.3 Å². The Morgan fingerprint density at radius 3 is 2.76 bits per heavy atom. The summed E-state index contributed by atoms with van der Waals surface area (Å²) in [7, 11) is 0. The van der Waals surface area contributed by atoms with Crippen LogP contribution in [0.25, 0.3) is 0 Å². The molecule has 1 aliphatic rings. The Hall–Kier alpha value is -1.66. The molecule has 112 valence electrons. The van der Waals surface area contributed by atoms with E-state index in [4.69, 9.17) is 4.74 Å². The lowest BCUT2D eigenvalue weighted by Crippen LogP contribution is -2.36. The van der Waals surface area contributed by atoms with Crippen molar-refractivity contribution in [2.24, 2.45) is 0 Å². The SMILES string of the molecule is Cc1nc(C(C)Nc2ccc(N3CCOCC3)nc2)cs1. The molecule has 1 saturated heterocycles. The zero-order valence-corrected chi connectivity index (χ0v) is 13.2. The van der Waals surface area contributed by atoms with Gasteiger partial charge in [-0.25, -0.2) is 9.97 Å². The smallest absolute Gasteiger partial charge is 0.128 e. The number of nitrogens with one attached hydrogen (secondary N) is 1. The number of hydrogen-bond acceptors (Lipinski definition) is 6. The average Bonchev–Trinajstić information content (AvgIpc) is 2.96. The van der Waals surface area contributed by atoms with E-state index in [-0.39, 0.29) is 6.04 Å². The standard InChI is InChI=1S/C15H20N4OS/c1-11(14-10-21-12(2)18-14)17-13-3-4-15(16-9-13)19-5-7-20-8-6-19/h3-4,9-11,17H,5-8H2,1-2H3. The molecule has 5 nitrogen and oxygen atoms in total. The Kier molecular flexibility index (Phi) is 4.36. The largest absolute Gasteiger partial charge is 0.378 e. The highest BCUT2D eigenvalue weighted by molar-refractivity contribution is 7.09. The van der Waals surface area contributed by atoms with E-state index in [1.54, 1.807) is 11.3 Å². The Balaban J connectivity index is 1.63. The van der Waals surface area contributed by atoms with Gasteiger partial charge in [0.25, 0.3) is 0 Å². The quantitative estimate of drug-likeness (QED) is 0.941. The number of thiazole rings is 1. The van der Waals surface area contributed by atoms with Crippen molar-refractivity contribution < 1.29 is 4.74 Å². The van der Waals surface area contributed by atoms with Gasteiger partial charge in [0.15, 0.2) is 0 Å². The first kappa shape index (κ1) is 14.3. The number of rotatable bonds is 4. The van der Waals surface area contributed by atoms with E-state index >= 15 is 0 Å². The number of morpholine rings is 1. The van der Waals surface area contributed by atoms with Gasteiger partial charge in [0.1, 0.15) is 5.82 Å². The molecule has 0 amide bonds. The van der Waals surface area contributed by atoms with E-state index in [0.29, 0.717) is 0 Å². The fraction of sp³-hybridized carbons (Fsp3) is 0.467. The molecule has 1 N–H and O–H groups in total. The molecule has 21 heavy (non-hydrogen) atoms. The second kappa shape index (κ2) is 6.41. The van der Waals surface area contributed by atoms with Gasteiger partial charge in [0, 0.05) is 18.5 Å². The summed E-state index contributed by atoms with van der Waals surface area (Å²) >= 11 is 1.68. The van der Waals surface area contributed by atoms with Gasteiger partial charge in [0.05, 0.1) is 41.8 Å². The summed E-state index contributed by atoms with van der Waals surface area (Å²) in [4.78, 5) is 11.3. The van der Waals surface area contributed by atoms with Crippen LogP contribution in [0.3, 0.4) is 0 Å². The van der Waals surface area contributed by atoms with Crippen LogP contribution in [0.1, 0.15) is 23.7 Å². The number of hydrogen-bond donors (Lipinski definition) is 1. The van der Waals surface area contributed by atoms with Crippen LogP contribution in [0.15, 0.2) is 23.7 Å². The maximum Gasteiger partial charge on any atom is 0.128 e. The second-order valence-corrected chi connectivity index (χ2v) is 6.22. The minimum absolute atomic E-state index is 0.186. The Bertz CT molecular complexity index is 578. The van der Waals surface area contributed by atoms with Gasteiger partial charge in [0.2, 0.25) is 0 Å². The number of aryl methyl sites for hydroxylation is 1. The van der Waals surface area contributed by atoms with Crippen LogP contribution in [0, 0.1) is 6.92 Å². The zero-order chi connectivity index (χ0) is 14.7. The van der Waals surface area contributed by atoms with Crippen molar-refractivity contribution in [2.45, 2.75) is 19.9 Å². The first-order valence-electron chi connectivity index (χ1n) is 7.19. The highest BCUT2D eigenvalue weighted by Crippen LogP contribution is 2.22. The molecule has 0 aliphatic carbocycles. The van der Waals surface area contributed by atoms with Gasteiger partial charge < -0.3 is 15.0 Å². The molecular weight excluding hydrogens is 284 g/mol. The first-order chi connectivity index (χ1) is 10.2. The third-order valence-corrected chi connectivity index (χ3v) is 4.34. The van der Waals surface area contributed by atoms with Crippen molar-refractivity contribution in [1.29, 1.82) is 0 Å². The number of anilines is 2. The molecule has 1 unspecified atom stereocenters. The van der Waals surface area contributed by atoms with Crippen molar-refractivity contribution in [3.05, 3.63) is 34.4 Å². The predicted molar refractivity (Wildman–Crippen MR) is 86.2 cm³/mol. The summed E-state index contributed by atoms with van der Waals surface area (Å²) in [5, 5.41) is 6.64. The molecule has 2 aromatic heterocycles. The van der Waals surface area contributed by atoms with Crippen LogP contribution in [-0.4, -0.2) is 36.3 Å². The van der Waals surface area contributed by atoms with Crippen molar-refractivity contribution in [1.82, 2.24) is 9.97 Å². The highest BCUT2D eigenvalue weighted by Gasteiger charge is 2.13. The molecule has 1 fully saturated rings. The van der Waals surface area contributed by atoms with E-state index < -0.39 is 0 Å². The second-order valence-electron chi connectivity index (χ2n) is 5.16. The van der Waals surface area contributed by atoms with Crippen molar-refractivity contribution in [3.63, 3.8) is 0 Å². The molecule has 3 heterocycles. The Morgan fingerprint density at radius 2 is 2.14 bits per heavy atom. The topological polar surface area (TPSA) is 50.3 Å². The number of aromatic nitrogens is 2. The van der Waals surface area contributed by atoms with Gasteiger partial charge in [-0.05, 0) is 26.0 Å². The van der Waals surface area contributed by atoms with E-state index in [1.165, 1.54) is 0 Å². The Morgan fingerprint density at radius 1 is 1.33 bits per heavy atom. The maximum atomic E-state index is 5.36. The van der Waals surface area contributed by atoms with Crippen LogP contribution in [0.5, 0.6) is 0 Å². The lowest BCUT2D eigenvalue weighted by Gasteiger charge is -2.27. The fourth-order valence-corrected chi connectivity index (χ4v) is 3.06. The molecule has 2 aromatic rings. The van der Waals surface area contributed by atoms with Crippen LogP contribution < -0.4 is 10.2 Å². The lowest BCUT2D eigenvalue weighted by molar-refractivity contribution is 0.122. The normalized spacial score (nSPS) is 16.8. The first-order valence-corrected chi connectivity index (χ1v) is 8.07. The van der Waals surface area contributed by atoms with Crippen LogP contribution in [-0.2, 0) is 4.74 Å². The summed E-state index contributed by atoms with van der Waals surface area (Å²) in [6.07, 6.45) is 1.89. The van der Waals surface area contributed by atoms with Crippen molar-refractivity contribution in [3.8, 4) is 0 Å². The van der Waals surface area contributed by atoms with E-state index in [9.17, 15) is 0 Å². The summed E-state index contributed by atoms with van der Waals surface area (Å²) in [5.41, 5.74) is 2.10. The van der Waals surface area contributed by atoms with Gasteiger partial charge in [-0.2, -0.15) is 0 Å². The Labute approximate surface area is 129 Å². The average molecular weight is 304 g/mol. The third kappa shape index (κ3) is 3.51. The molecule has 0 aromatic carbocycles. The zero-order valence-electron chi connectivity index (χ0n) is 12.4. The minimum Gasteiger partial charge on any atom is -0.378 e. The van der Waals surface area contributed by atoms with Crippen molar-refractivity contribution in [2.75, 3.05) is 36.5 Å².